The highest BCUT2D eigenvalue weighted by Gasteiger charge is 2.15. The molecule has 1 amide bonds. The third-order valence-electron chi connectivity index (χ3n) is 3.00. The van der Waals surface area contributed by atoms with Crippen LogP contribution in [-0.2, 0) is 4.79 Å². The lowest BCUT2D eigenvalue weighted by Gasteiger charge is -2.34. The number of rotatable bonds is 7. The first-order valence-corrected chi connectivity index (χ1v) is 7.14. The Hall–Kier alpha value is -0.220. The summed E-state index contributed by atoms with van der Waals surface area (Å²) >= 11 is 0. The molecule has 1 fully saturated rings. The van der Waals surface area contributed by atoms with Crippen molar-refractivity contribution in [2.24, 2.45) is 0 Å². The summed E-state index contributed by atoms with van der Waals surface area (Å²) < 4.78 is 0. The number of piperazine rings is 1. The Bertz CT molecular complexity index is 220. The van der Waals surface area contributed by atoms with Crippen molar-refractivity contribution in [3.05, 3.63) is 0 Å². The smallest absolute Gasteiger partial charge is 0.233 e. The van der Waals surface area contributed by atoms with E-state index in [0.717, 1.165) is 45.4 Å². The van der Waals surface area contributed by atoms with Crippen LogP contribution in [0.2, 0.25) is 0 Å². The largest absolute Gasteiger partial charge is 0.354 e. The summed E-state index contributed by atoms with van der Waals surface area (Å²) in [5.74, 6) is 0.0779. The van der Waals surface area contributed by atoms with E-state index in [9.17, 15) is 4.79 Å². The highest BCUT2D eigenvalue weighted by molar-refractivity contribution is 7.16. The SMILES string of the molecule is CNCC(=O)NCCN1CCN(CCP)CC1. The van der Waals surface area contributed by atoms with Crippen LogP contribution < -0.4 is 10.6 Å². The van der Waals surface area contributed by atoms with E-state index < -0.39 is 0 Å². The zero-order valence-electron chi connectivity index (χ0n) is 10.7. The molecule has 0 radical (unpaired) electrons. The van der Waals surface area contributed by atoms with E-state index in [1.807, 2.05) is 0 Å². The maximum absolute atomic E-state index is 11.2. The summed E-state index contributed by atoms with van der Waals surface area (Å²) in [4.78, 5) is 16.1. The molecule has 1 aliphatic rings. The number of amides is 1. The summed E-state index contributed by atoms with van der Waals surface area (Å²) in [6, 6.07) is 0. The van der Waals surface area contributed by atoms with Crippen LogP contribution in [0.5, 0.6) is 0 Å². The van der Waals surface area contributed by atoms with Crippen molar-refractivity contribution in [2.45, 2.75) is 0 Å². The molecule has 1 saturated heterocycles. The molecule has 6 heteroatoms. The highest BCUT2D eigenvalue weighted by Crippen LogP contribution is 2.01. The molecular weight excluding hydrogens is 235 g/mol. The van der Waals surface area contributed by atoms with Gasteiger partial charge in [0.1, 0.15) is 0 Å². The molecular formula is C11H25N4OP. The van der Waals surface area contributed by atoms with E-state index in [0.29, 0.717) is 6.54 Å². The average molecular weight is 260 g/mol. The highest BCUT2D eigenvalue weighted by atomic mass is 31.0. The first-order chi connectivity index (χ1) is 8.26. The predicted molar refractivity (Wildman–Crippen MR) is 74.4 cm³/mol. The van der Waals surface area contributed by atoms with Gasteiger partial charge in [0, 0.05) is 45.8 Å². The second-order valence-electron chi connectivity index (χ2n) is 4.35. The molecule has 2 N–H and O–H groups in total. The average Bonchev–Trinajstić information content (AvgIpc) is 2.32. The maximum Gasteiger partial charge on any atom is 0.233 e. The van der Waals surface area contributed by atoms with Crippen molar-refractivity contribution >= 4 is 15.1 Å². The zero-order chi connectivity index (χ0) is 12.5. The zero-order valence-corrected chi connectivity index (χ0v) is 11.9. The lowest BCUT2D eigenvalue weighted by Crippen LogP contribution is -2.49. The molecule has 5 nitrogen and oxygen atoms in total. The van der Waals surface area contributed by atoms with Crippen LogP contribution in [0.3, 0.4) is 0 Å². The number of nitrogens with one attached hydrogen (secondary N) is 2. The lowest BCUT2D eigenvalue weighted by atomic mass is 10.3. The summed E-state index contributed by atoms with van der Waals surface area (Å²) in [6.45, 7) is 7.84. The molecule has 17 heavy (non-hydrogen) atoms. The Morgan fingerprint density at radius 3 is 2.29 bits per heavy atom. The molecule has 1 rings (SSSR count). The van der Waals surface area contributed by atoms with E-state index in [1.165, 1.54) is 6.54 Å². The number of hydrogen-bond acceptors (Lipinski definition) is 4. The molecule has 1 atom stereocenters. The van der Waals surface area contributed by atoms with Gasteiger partial charge in [0.2, 0.25) is 5.91 Å². The fourth-order valence-corrected chi connectivity index (χ4v) is 2.36. The van der Waals surface area contributed by atoms with E-state index in [1.54, 1.807) is 7.05 Å². The van der Waals surface area contributed by atoms with Gasteiger partial charge in [0.05, 0.1) is 6.54 Å². The Labute approximate surface area is 106 Å². The minimum atomic E-state index is 0.0779. The van der Waals surface area contributed by atoms with Gasteiger partial charge in [-0.2, -0.15) is 0 Å². The van der Waals surface area contributed by atoms with Crippen LogP contribution in [0, 0.1) is 0 Å². The Kier molecular flexibility index (Phi) is 7.69. The first kappa shape index (κ1) is 14.8. The molecule has 0 aromatic heterocycles. The summed E-state index contributed by atoms with van der Waals surface area (Å²) in [6.07, 6.45) is 1.15. The normalized spacial score (nSPS) is 18.2. The summed E-state index contributed by atoms with van der Waals surface area (Å²) in [5.41, 5.74) is 0. The van der Waals surface area contributed by atoms with Crippen LogP contribution in [0.15, 0.2) is 0 Å². The maximum atomic E-state index is 11.2. The molecule has 0 aliphatic carbocycles. The van der Waals surface area contributed by atoms with Crippen LogP contribution in [-0.4, -0.2) is 81.3 Å². The van der Waals surface area contributed by atoms with Gasteiger partial charge in [-0.15, -0.1) is 9.24 Å². The van der Waals surface area contributed by atoms with Gasteiger partial charge >= 0.3 is 0 Å². The molecule has 1 unspecified atom stereocenters. The van der Waals surface area contributed by atoms with Gasteiger partial charge in [-0.3, -0.25) is 9.69 Å². The Balaban J connectivity index is 2.04. The van der Waals surface area contributed by atoms with Gasteiger partial charge in [-0.1, -0.05) is 0 Å². The van der Waals surface area contributed by atoms with E-state index >= 15 is 0 Å². The van der Waals surface area contributed by atoms with E-state index in [4.69, 9.17) is 0 Å². The molecule has 0 spiro atoms. The minimum Gasteiger partial charge on any atom is -0.354 e. The second kappa shape index (κ2) is 8.81. The molecule has 100 valence electrons. The van der Waals surface area contributed by atoms with Crippen molar-refractivity contribution < 1.29 is 4.79 Å². The van der Waals surface area contributed by atoms with E-state index in [2.05, 4.69) is 29.7 Å². The summed E-state index contributed by atoms with van der Waals surface area (Å²) in [5, 5.41) is 5.75. The van der Waals surface area contributed by atoms with E-state index in [-0.39, 0.29) is 5.91 Å². The number of likely N-dealkylation sites (N-methyl/N-ethyl adjacent to an activating group) is 1. The van der Waals surface area contributed by atoms with Gasteiger partial charge in [0.15, 0.2) is 0 Å². The topological polar surface area (TPSA) is 47.6 Å². The predicted octanol–water partition coefficient (Wildman–Crippen LogP) is -1.19. The Morgan fingerprint density at radius 2 is 1.76 bits per heavy atom. The fourth-order valence-electron chi connectivity index (χ4n) is 2.00. The monoisotopic (exact) mass is 260 g/mol. The molecule has 1 aliphatic heterocycles. The minimum absolute atomic E-state index is 0.0779. The number of hydrogen-bond donors (Lipinski definition) is 2. The van der Waals surface area contributed by atoms with Crippen molar-refractivity contribution in [2.75, 3.05) is 65.6 Å². The number of carbonyl (C=O) groups is 1. The molecule has 0 bridgehead atoms. The molecule has 0 aromatic rings. The van der Waals surface area contributed by atoms with Crippen LogP contribution in [0.4, 0.5) is 0 Å². The number of nitrogens with zero attached hydrogens (tertiary/aromatic N) is 2. The quantitative estimate of drug-likeness (QED) is 0.566. The third-order valence-corrected chi connectivity index (χ3v) is 3.26. The fraction of sp³-hybridized carbons (Fsp3) is 0.909. The second-order valence-corrected chi connectivity index (χ2v) is 4.93. The number of carbonyl (C=O) groups excluding carboxylic acids is 1. The third kappa shape index (κ3) is 6.32. The van der Waals surface area contributed by atoms with Crippen LogP contribution in [0.25, 0.3) is 0 Å². The van der Waals surface area contributed by atoms with Gasteiger partial charge < -0.3 is 15.5 Å². The standard InChI is InChI=1S/C11H25N4OP/c1-12-10-11(16)13-2-3-14-4-6-15(7-5-14)8-9-17/h12H,2-10,17H2,1H3,(H,13,16). The van der Waals surface area contributed by atoms with Crippen molar-refractivity contribution in [3.8, 4) is 0 Å². The molecule has 0 saturated carbocycles. The Morgan fingerprint density at radius 1 is 1.18 bits per heavy atom. The van der Waals surface area contributed by atoms with Gasteiger partial charge in [-0.25, -0.2) is 0 Å². The molecule has 1 heterocycles. The van der Waals surface area contributed by atoms with Gasteiger partial charge in [0.25, 0.3) is 0 Å². The summed E-state index contributed by atoms with van der Waals surface area (Å²) in [7, 11) is 4.56. The molecule has 0 aromatic carbocycles. The van der Waals surface area contributed by atoms with Crippen LogP contribution >= 0.6 is 9.24 Å². The van der Waals surface area contributed by atoms with Crippen molar-refractivity contribution in [1.82, 2.24) is 20.4 Å². The van der Waals surface area contributed by atoms with Crippen molar-refractivity contribution in [3.63, 3.8) is 0 Å². The van der Waals surface area contributed by atoms with Gasteiger partial charge in [-0.05, 0) is 13.2 Å². The lowest BCUT2D eigenvalue weighted by molar-refractivity contribution is -0.120. The van der Waals surface area contributed by atoms with Crippen molar-refractivity contribution in [1.29, 1.82) is 0 Å². The van der Waals surface area contributed by atoms with Crippen LogP contribution in [0.1, 0.15) is 0 Å². The first-order valence-electron chi connectivity index (χ1n) is 6.32.